The Bertz CT molecular complexity index is 718. The van der Waals surface area contributed by atoms with E-state index in [9.17, 15) is 0 Å². The molecule has 0 aliphatic carbocycles. The number of hydrogen-bond acceptors (Lipinski definition) is 3. The number of aromatic nitrogens is 1. The molecule has 22 heavy (non-hydrogen) atoms. The lowest BCUT2D eigenvalue weighted by Gasteiger charge is -2.08. The van der Waals surface area contributed by atoms with Crippen molar-refractivity contribution in [3.05, 3.63) is 77.7 Å². The van der Waals surface area contributed by atoms with Crippen molar-refractivity contribution in [1.82, 2.24) is 4.98 Å². The quantitative estimate of drug-likeness (QED) is 0.662. The van der Waals surface area contributed by atoms with Gasteiger partial charge in [-0.2, -0.15) is 0 Å². The number of rotatable bonds is 4. The number of nitrogens with two attached hydrogens (primary N) is 1. The van der Waals surface area contributed by atoms with Gasteiger partial charge in [-0.3, -0.25) is 4.98 Å². The smallest absolute Gasteiger partial charge is 0.130 e. The molecule has 0 saturated heterocycles. The van der Waals surface area contributed by atoms with Gasteiger partial charge in [-0.15, -0.1) is 0 Å². The molecule has 112 valence electrons. The van der Waals surface area contributed by atoms with Crippen LogP contribution in [0.2, 0.25) is 5.02 Å². The van der Waals surface area contributed by atoms with Crippen molar-refractivity contribution in [2.24, 2.45) is 10.7 Å². The minimum absolute atomic E-state index is 0.570. The Balaban J connectivity index is 2.26. The highest BCUT2D eigenvalue weighted by atomic mass is 35.5. The van der Waals surface area contributed by atoms with Crippen LogP contribution in [0.1, 0.15) is 11.4 Å². The second-order valence-electron chi connectivity index (χ2n) is 4.55. The SMILES string of the molecule is C=CC(=N/C(=C\N)c1cccc(C)n1)Nc1ccc(Cl)cc1. The summed E-state index contributed by atoms with van der Waals surface area (Å²) >= 11 is 5.87. The molecule has 0 aliphatic rings. The summed E-state index contributed by atoms with van der Waals surface area (Å²) in [6.07, 6.45) is 3.04. The maximum Gasteiger partial charge on any atom is 0.130 e. The average Bonchev–Trinajstić information content (AvgIpc) is 2.53. The van der Waals surface area contributed by atoms with E-state index < -0.39 is 0 Å². The van der Waals surface area contributed by atoms with E-state index in [0.717, 1.165) is 11.4 Å². The van der Waals surface area contributed by atoms with Crippen molar-refractivity contribution >= 4 is 28.8 Å². The Morgan fingerprint density at radius 3 is 2.59 bits per heavy atom. The van der Waals surface area contributed by atoms with Crippen molar-refractivity contribution in [2.75, 3.05) is 5.32 Å². The summed E-state index contributed by atoms with van der Waals surface area (Å²) in [5.74, 6) is 0.572. The monoisotopic (exact) mass is 312 g/mol. The molecule has 0 unspecified atom stereocenters. The lowest BCUT2D eigenvalue weighted by Crippen LogP contribution is -2.09. The molecule has 0 spiro atoms. The maximum absolute atomic E-state index is 5.87. The van der Waals surface area contributed by atoms with E-state index in [1.807, 2.05) is 37.3 Å². The summed E-state index contributed by atoms with van der Waals surface area (Å²) in [6.45, 7) is 5.68. The lowest BCUT2D eigenvalue weighted by molar-refractivity contribution is 1.16. The zero-order chi connectivity index (χ0) is 15.9. The molecule has 2 rings (SSSR count). The number of benzene rings is 1. The molecule has 1 aromatic heterocycles. The predicted molar refractivity (Wildman–Crippen MR) is 93.8 cm³/mol. The standard InChI is InChI=1S/C17H17ClN4/c1-3-17(21-14-9-7-13(18)8-10-14)22-16(11-19)15-6-4-5-12(2)20-15/h3-11H,1,19H2,2H3,(H,21,22)/b16-11-. The number of nitrogens with zero attached hydrogens (tertiary/aromatic N) is 2. The fourth-order valence-corrected chi connectivity index (χ4v) is 1.93. The van der Waals surface area contributed by atoms with Crippen LogP contribution in [0.4, 0.5) is 5.69 Å². The van der Waals surface area contributed by atoms with Gasteiger partial charge in [0.1, 0.15) is 11.5 Å². The molecule has 0 saturated carbocycles. The number of amidine groups is 1. The van der Waals surface area contributed by atoms with Crippen molar-refractivity contribution in [1.29, 1.82) is 0 Å². The first-order valence-corrected chi connectivity index (χ1v) is 7.10. The number of halogens is 1. The molecule has 1 aromatic carbocycles. The lowest BCUT2D eigenvalue weighted by atomic mass is 10.2. The Morgan fingerprint density at radius 1 is 1.27 bits per heavy atom. The van der Waals surface area contributed by atoms with Crippen LogP contribution in [0.15, 0.2) is 66.3 Å². The van der Waals surface area contributed by atoms with E-state index in [0.29, 0.717) is 22.2 Å². The topological polar surface area (TPSA) is 63.3 Å². The van der Waals surface area contributed by atoms with Crippen LogP contribution in [-0.4, -0.2) is 10.8 Å². The summed E-state index contributed by atoms with van der Waals surface area (Å²) in [6, 6.07) is 13.0. The summed E-state index contributed by atoms with van der Waals surface area (Å²) in [7, 11) is 0. The van der Waals surface area contributed by atoms with E-state index in [1.165, 1.54) is 6.20 Å². The van der Waals surface area contributed by atoms with Crippen LogP contribution in [0, 0.1) is 6.92 Å². The first-order chi connectivity index (χ1) is 10.6. The third kappa shape index (κ3) is 4.20. The molecular weight excluding hydrogens is 296 g/mol. The number of nitrogens with one attached hydrogen (secondary N) is 1. The van der Waals surface area contributed by atoms with Crippen molar-refractivity contribution in [3.8, 4) is 0 Å². The van der Waals surface area contributed by atoms with E-state index in [-0.39, 0.29) is 0 Å². The second kappa shape index (κ2) is 7.43. The van der Waals surface area contributed by atoms with Crippen molar-refractivity contribution < 1.29 is 0 Å². The van der Waals surface area contributed by atoms with Crippen molar-refractivity contribution in [2.45, 2.75) is 6.92 Å². The van der Waals surface area contributed by atoms with Gasteiger partial charge >= 0.3 is 0 Å². The fraction of sp³-hybridized carbons (Fsp3) is 0.0588. The van der Waals surface area contributed by atoms with Gasteiger partial charge < -0.3 is 11.1 Å². The van der Waals surface area contributed by atoms with Gasteiger partial charge in [-0.05, 0) is 49.4 Å². The molecule has 0 fully saturated rings. The molecule has 0 aliphatic heterocycles. The van der Waals surface area contributed by atoms with Gasteiger partial charge in [-0.1, -0.05) is 24.2 Å². The van der Waals surface area contributed by atoms with Crippen LogP contribution in [-0.2, 0) is 0 Å². The summed E-state index contributed by atoms with van der Waals surface area (Å²) in [4.78, 5) is 8.89. The average molecular weight is 313 g/mol. The van der Waals surface area contributed by atoms with Crippen LogP contribution in [0.25, 0.3) is 5.70 Å². The number of hydrogen-bond donors (Lipinski definition) is 2. The Morgan fingerprint density at radius 2 is 2.00 bits per heavy atom. The Labute approximate surface area is 135 Å². The highest BCUT2D eigenvalue weighted by Gasteiger charge is 2.04. The van der Waals surface area contributed by atoms with Crippen LogP contribution >= 0.6 is 11.6 Å². The third-order valence-electron chi connectivity index (χ3n) is 2.86. The Kier molecular flexibility index (Phi) is 5.33. The van der Waals surface area contributed by atoms with E-state index in [1.54, 1.807) is 18.2 Å². The molecule has 3 N–H and O–H groups in total. The van der Waals surface area contributed by atoms with E-state index >= 15 is 0 Å². The van der Waals surface area contributed by atoms with Gasteiger partial charge in [0.05, 0.1) is 5.69 Å². The number of aliphatic imine (C=N–C) groups is 1. The van der Waals surface area contributed by atoms with Gasteiger partial charge in [0.2, 0.25) is 0 Å². The number of anilines is 1. The van der Waals surface area contributed by atoms with E-state index in [2.05, 4.69) is 21.9 Å². The first kappa shape index (κ1) is 15.8. The first-order valence-electron chi connectivity index (χ1n) is 6.72. The molecule has 0 amide bonds. The van der Waals surface area contributed by atoms with Crippen molar-refractivity contribution in [3.63, 3.8) is 0 Å². The van der Waals surface area contributed by atoms with Gasteiger partial charge in [-0.25, -0.2) is 4.99 Å². The van der Waals surface area contributed by atoms with Crippen LogP contribution < -0.4 is 11.1 Å². The van der Waals surface area contributed by atoms with Gasteiger partial charge in [0, 0.05) is 22.6 Å². The normalized spacial score (nSPS) is 12.1. The molecule has 0 bridgehead atoms. The molecule has 4 nitrogen and oxygen atoms in total. The fourth-order valence-electron chi connectivity index (χ4n) is 1.80. The minimum Gasteiger partial charge on any atom is -0.403 e. The molecule has 0 radical (unpaired) electrons. The molecule has 0 atom stereocenters. The maximum atomic E-state index is 5.87. The molecule has 2 aromatic rings. The van der Waals surface area contributed by atoms with Gasteiger partial charge in [0.25, 0.3) is 0 Å². The molecule has 1 heterocycles. The second-order valence-corrected chi connectivity index (χ2v) is 4.99. The van der Waals surface area contributed by atoms with Gasteiger partial charge in [0.15, 0.2) is 0 Å². The number of aryl methyl sites for hydroxylation is 1. The Hall–Kier alpha value is -2.59. The third-order valence-corrected chi connectivity index (χ3v) is 3.11. The van der Waals surface area contributed by atoms with Crippen LogP contribution in [0.3, 0.4) is 0 Å². The largest absolute Gasteiger partial charge is 0.403 e. The summed E-state index contributed by atoms with van der Waals surface area (Å²) in [5.41, 5.74) is 8.72. The summed E-state index contributed by atoms with van der Waals surface area (Å²) < 4.78 is 0. The predicted octanol–water partition coefficient (Wildman–Crippen LogP) is 4.00. The highest BCUT2D eigenvalue weighted by molar-refractivity contribution is 6.30. The minimum atomic E-state index is 0.570. The highest BCUT2D eigenvalue weighted by Crippen LogP contribution is 2.16. The zero-order valence-electron chi connectivity index (χ0n) is 12.3. The zero-order valence-corrected chi connectivity index (χ0v) is 13.0. The molecule has 5 heteroatoms. The van der Waals surface area contributed by atoms with E-state index in [4.69, 9.17) is 17.3 Å². The number of pyridine rings is 1. The molecular formula is C17H17ClN4. The van der Waals surface area contributed by atoms with Crippen LogP contribution in [0.5, 0.6) is 0 Å². The summed E-state index contributed by atoms with van der Waals surface area (Å²) in [5, 5.41) is 3.83.